The van der Waals surface area contributed by atoms with Gasteiger partial charge in [0.25, 0.3) is 0 Å². The topological polar surface area (TPSA) is 38.9 Å². The molecular formula is C29H29N5. The standard InChI is InChI=1S/C29H29N5/c1-32-19-26(30-28(32)24-14-8-4-9-15-24)21-34(18-23-12-6-3-7-13-23)22-27-20-33(2)29(31-27)25-16-10-5-11-17-25/h3-17,19-20H,18,21-22H2,1-2H3. The van der Waals surface area contributed by atoms with Gasteiger partial charge in [0.15, 0.2) is 0 Å². The molecule has 0 saturated heterocycles. The predicted molar refractivity (Wildman–Crippen MR) is 137 cm³/mol. The fraction of sp³-hybridized carbons (Fsp3) is 0.172. The highest BCUT2D eigenvalue weighted by Crippen LogP contribution is 2.22. The normalized spacial score (nSPS) is 11.3. The number of hydrogen-bond acceptors (Lipinski definition) is 3. The molecule has 5 aromatic rings. The van der Waals surface area contributed by atoms with E-state index >= 15 is 0 Å². The van der Waals surface area contributed by atoms with Crippen LogP contribution in [-0.4, -0.2) is 24.0 Å². The summed E-state index contributed by atoms with van der Waals surface area (Å²) in [6, 6.07) is 31.3. The van der Waals surface area contributed by atoms with Crippen LogP contribution in [0.3, 0.4) is 0 Å². The van der Waals surface area contributed by atoms with Gasteiger partial charge in [-0.15, -0.1) is 0 Å². The van der Waals surface area contributed by atoms with Crippen LogP contribution in [0.15, 0.2) is 103 Å². The molecule has 0 bridgehead atoms. The minimum absolute atomic E-state index is 0.743. The summed E-state index contributed by atoms with van der Waals surface area (Å²) in [4.78, 5) is 12.3. The molecular weight excluding hydrogens is 418 g/mol. The zero-order valence-electron chi connectivity index (χ0n) is 19.7. The van der Waals surface area contributed by atoms with Crippen molar-refractivity contribution in [3.05, 3.63) is 120 Å². The average Bonchev–Trinajstić information content (AvgIpc) is 3.42. The van der Waals surface area contributed by atoms with Crippen LogP contribution in [0.25, 0.3) is 22.8 Å². The summed E-state index contributed by atoms with van der Waals surface area (Å²) >= 11 is 0. The number of aryl methyl sites for hydroxylation is 2. The first-order chi connectivity index (χ1) is 16.7. The lowest BCUT2D eigenvalue weighted by molar-refractivity contribution is 0.242. The first-order valence-electron chi connectivity index (χ1n) is 11.6. The summed E-state index contributed by atoms with van der Waals surface area (Å²) in [5.74, 6) is 1.97. The molecule has 5 rings (SSSR count). The maximum absolute atomic E-state index is 4.97. The van der Waals surface area contributed by atoms with Crippen molar-refractivity contribution in [1.29, 1.82) is 0 Å². The van der Waals surface area contributed by atoms with E-state index in [1.165, 1.54) is 5.56 Å². The maximum Gasteiger partial charge on any atom is 0.140 e. The van der Waals surface area contributed by atoms with Gasteiger partial charge < -0.3 is 9.13 Å². The molecule has 0 N–H and O–H groups in total. The Hall–Kier alpha value is -3.96. The highest BCUT2D eigenvalue weighted by Gasteiger charge is 2.16. The molecule has 0 amide bonds. The number of aromatic nitrogens is 4. The number of imidazole rings is 2. The molecule has 34 heavy (non-hydrogen) atoms. The third kappa shape index (κ3) is 5.00. The lowest BCUT2D eigenvalue weighted by Gasteiger charge is -2.20. The fourth-order valence-electron chi connectivity index (χ4n) is 4.39. The van der Waals surface area contributed by atoms with Gasteiger partial charge in [-0.25, -0.2) is 9.97 Å². The van der Waals surface area contributed by atoms with Gasteiger partial charge in [-0.05, 0) is 5.56 Å². The van der Waals surface area contributed by atoms with Crippen LogP contribution in [-0.2, 0) is 33.7 Å². The minimum atomic E-state index is 0.743. The highest BCUT2D eigenvalue weighted by molar-refractivity contribution is 5.56. The Labute approximate surface area is 201 Å². The van der Waals surface area contributed by atoms with Crippen molar-refractivity contribution in [1.82, 2.24) is 24.0 Å². The molecule has 0 aliphatic rings. The van der Waals surface area contributed by atoms with Crippen LogP contribution in [0, 0.1) is 0 Å². The van der Waals surface area contributed by atoms with E-state index in [2.05, 4.69) is 119 Å². The number of benzene rings is 3. The Morgan fingerprint density at radius 1 is 0.559 bits per heavy atom. The van der Waals surface area contributed by atoms with E-state index in [1.54, 1.807) is 0 Å². The van der Waals surface area contributed by atoms with Crippen molar-refractivity contribution in [2.45, 2.75) is 19.6 Å². The fourth-order valence-corrected chi connectivity index (χ4v) is 4.39. The Morgan fingerprint density at radius 2 is 0.971 bits per heavy atom. The molecule has 0 atom stereocenters. The van der Waals surface area contributed by atoms with Crippen molar-refractivity contribution in [3.8, 4) is 22.8 Å². The lowest BCUT2D eigenvalue weighted by atomic mass is 10.2. The van der Waals surface area contributed by atoms with E-state index in [9.17, 15) is 0 Å². The Balaban J connectivity index is 1.41. The van der Waals surface area contributed by atoms with Gasteiger partial charge in [-0.2, -0.15) is 0 Å². The van der Waals surface area contributed by atoms with E-state index in [0.717, 1.165) is 53.8 Å². The lowest BCUT2D eigenvalue weighted by Crippen LogP contribution is -2.23. The third-order valence-corrected chi connectivity index (χ3v) is 5.94. The van der Waals surface area contributed by atoms with E-state index in [1.807, 2.05) is 12.1 Å². The smallest absolute Gasteiger partial charge is 0.140 e. The van der Waals surface area contributed by atoms with E-state index in [-0.39, 0.29) is 0 Å². The van der Waals surface area contributed by atoms with Crippen LogP contribution < -0.4 is 0 Å². The monoisotopic (exact) mass is 447 g/mol. The number of nitrogens with zero attached hydrogens (tertiary/aromatic N) is 5. The quantitative estimate of drug-likeness (QED) is 0.307. The minimum Gasteiger partial charge on any atom is -0.334 e. The molecule has 0 unspecified atom stereocenters. The maximum atomic E-state index is 4.97. The van der Waals surface area contributed by atoms with Gasteiger partial charge in [0.05, 0.1) is 11.4 Å². The Kier molecular flexibility index (Phi) is 6.36. The van der Waals surface area contributed by atoms with Gasteiger partial charge in [0.1, 0.15) is 11.6 Å². The molecule has 5 nitrogen and oxygen atoms in total. The van der Waals surface area contributed by atoms with Crippen molar-refractivity contribution < 1.29 is 0 Å². The molecule has 0 fully saturated rings. The van der Waals surface area contributed by atoms with Crippen molar-refractivity contribution >= 4 is 0 Å². The Bertz CT molecular complexity index is 1250. The zero-order valence-corrected chi connectivity index (χ0v) is 19.7. The summed E-state index contributed by atoms with van der Waals surface area (Å²) in [6.45, 7) is 2.31. The second kappa shape index (κ2) is 9.89. The first kappa shape index (κ1) is 21.9. The van der Waals surface area contributed by atoms with Gasteiger partial charge in [0.2, 0.25) is 0 Å². The second-order valence-electron chi connectivity index (χ2n) is 8.70. The summed E-state index contributed by atoms with van der Waals surface area (Å²) in [5, 5.41) is 0. The molecule has 0 aliphatic carbocycles. The largest absolute Gasteiger partial charge is 0.334 e. The molecule has 0 radical (unpaired) electrons. The van der Waals surface area contributed by atoms with E-state index < -0.39 is 0 Å². The molecule has 0 spiro atoms. The van der Waals surface area contributed by atoms with Gasteiger partial charge in [-0.3, -0.25) is 4.90 Å². The summed E-state index contributed by atoms with van der Waals surface area (Å²) in [7, 11) is 4.12. The molecule has 2 heterocycles. The van der Waals surface area contributed by atoms with Crippen molar-refractivity contribution in [3.63, 3.8) is 0 Å². The van der Waals surface area contributed by atoms with Crippen molar-refractivity contribution in [2.75, 3.05) is 0 Å². The molecule has 0 aliphatic heterocycles. The van der Waals surface area contributed by atoms with Crippen molar-refractivity contribution in [2.24, 2.45) is 14.1 Å². The molecule has 170 valence electrons. The first-order valence-corrected chi connectivity index (χ1v) is 11.6. The SMILES string of the molecule is Cn1cc(CN(Cc2ccccc2)Cc2cn(C)c(-c3ccccc3)n2)nc1-c1ccccc1. The second-order valence-corrected chi connectivity index (χ2v) is 8.70. The zero-order chi connectivity index (χ0) is 23.3. The van der Waals surface area contributed by atoms with Gasteiger partial charge >= 0.3 is 0 Å². The van der Waals surface area contributed by atoms with Gasteiger partial charge in [-0.1, -0.05) is 91.0 Å². The van der Waals surface area contributed by atoms with Gasteiger partial charge in [0, 0.05) is 57.3 Å². The van der Waals surface area contributed by atoms with Crippen LogP contribution in [0.2, 0.25) is 0 Å². The van der Waals surface area contributed by atoms with Crippen LogP contribution >= 0.6 is 0 Å². The van der Waals surface area contributed by atoms with E-state index in [4.69, 9.17) is 9.97 Å². The summed E-state index contributed by atoms with van der Waals surface area (Å²) in [5.41, 5.74) is 5.64. The predicted octanol–water partition coefficient (Wildman–Crippen LogP) is 5.69. The van der Waals surface area contributed by atoms with Crippen LogP contribution in [0.1, 0.15) is 17.0 Å². The van der Waals surface area contributed by atoms with Crippen LogP contribution in [0.4, 0.5) is 0 Å². The molecule has 5 heteroatoms. The van der Waals surface area contributed by atoms with Crippen LogP contribution in [0.5, 0.6) is 0 Å². The van der Waals surface area contributed by atoms with E-state index in [0.29, 0.717) is 0 Å². The Morgan fingerprint density at radius 3 is 1.41 bits per heavy atom. The molecule has 2 aromatic heterocycles. The number of rotatable bonds is 8. The number of hydrogen-bond donors (Lipinski definition) is 0. The highest BCUT2D eigenvalue weighted by atomic mass is 15.2. The third-order valence-electron chi connectivity index (χ3n) is 5.94. The summed E-state index contributed by atoms with van der Waals surface area (Å²) in [6.07, 6.45) is 4.27. The average molecular weight is 448 g/mol. The summed E-state index contributed by atoms with van der Waals surface area (Å²) < 4.78 is 4.22. The molecule has 3 aromatic carbocycles. The molecule has 0 saturated carbocycles.